The van der Waals surface area contributed by atoms with E-state index in [4.69, 9.17) is 4.74 Å². The summed E-state index contributed by atoms with van der Waals surface area (Å²) < 4.78 is 19.8. The van der Waals surface area contributed by atoms with Gasteiger partial charge in [0.2, 0.25) is 0 Å². The van der Waals surface area contributed by atoms with Crippen LogP contribution in [0.1, 0.15) is 16.5 Å². The predicted octanol–water partition coefficient (Wildman–Crippen LogP) is 5.18. The Balaban J connectivity index is 1.77. The lowest BCUT2D eigenvalue weighted by Gasteiger charge is -2.25. The number of ether oxygens (including phenoxy) is 1. The summed E-state index contributed by atoms with van der Waals surface area (Å²) in [5.41, 5.74) is 2.02. The summed E-state index contributed by atoms with van der Waals surface area (Å²) >= 11 is 5.18. The van der Waals surface area contributed by atoms with Crippen LogP contribution in [0.2, 0.25) is 0 Å². The summed E-state index contributed by atoms with van der Waals surface area (Å²) in [6, 6.07) is 10.3. The zero-order valence-corrected chi connectivity index (χ0v) is 16.3. The molecule has 1 N–H and O–H groups in total. The average Bonchev–Trinajstić information content (AvgIpc) is 3.08. The number of anilines is 1. The van der Waals surface area contributed by atoms with Crippen LogP contribution >= 0.6 is 27.7 Å². The Bertz CT molecular complexity index is 803. The largest absolute Gasteiger partial charge is 0.496 e. The van der Waals surface area contributed by atoms with Gasteiger partial charge in [0.15, 0.2) is 0 Å². The number of benzene rings is 2. The molecule has 0 bridgehead atoms. The van der Waals surface area contributed by atoms with Crippen LogP contribution < -0.4 is 10.1 Å². The van der Waals surface area contributed by atoms with E-state index < -0.39 is 0 Å². The number of methoxy groups -OCH3 is 1. The number of carbonyl (C=O) groups excluding carboxylic acids is 1. The maximum atomic E-state index is 13.7. The van der Waals surface area contributed by atoms with Gasteiger partial charge >= 0.3 is 6.03 Å². The van der Waals surface area contributed by atoms with Gasteiger partial charge in [0.1, 0.15) is 16.9 Å². The predicted molar refractivity (Wildman–Crippen MR) is 103 cm³/mol. The Morgan fingerprint density at radius 3 is 2.84 bits per heavy atom. The van der Waals surface area contributed by atoms with E-state index in [1.165, 1.54) is 6.07 Å². The molecule has 0 spiro atoms. The summed E-state index contributed by atoms with van der Waals surface area (Å²) in [5, 5.41) is 2.70. The summed E-state index contributed by atoms with van der Waals surface area (Å²) in [6.45, 7) is 2.33. The van der Waals surface area contributed by atoms with Crippen molar-refractivity contribution in [3.8, 4) is 5.75 Å². The van der Waals surface area contributed by atoms with E-state index in [0.717, 1.165) is 21.5 Å². The summed E-state index contributed by atoms with van der Waals surface area (Å²) in [6.07, 6.45) is 0. The molecule has 7 heteroatoms. The molecule has 3 rings (SSSR count). The Morgan fingerprint density at radius 2 is 2.16 bits per heavy atom. The number of rotatable bonds is 3. The summed E-state index contributed by atoms with van der Waals surface area (Å²) in [4.78, 5) is 14.4. The van der Waals surface area contributed by atoms with Gasteiger partial charge in [0.25, 0.3) is 0 Å². The van der Waals surface area contributed by atoms with Crippen molar-refractivity contribution in [1.82, 2.24) is 4.90 Å². The highest BCUT2D eigenvalue weighted by atomic mass is 79.9. The third-order valence-electron chi connectivity index (χ3n) is 4.04. The first-order chi connectivity index (χ1) is 12.0. The number of hydrogen-bond acceptors (Lipinski definition) is 3. The van der Waals surface area contributed by atoms with Crippen LogP contribution in [0.25, 0.3) is 0 Å². The number of halogens is 2. The molecule has 1 aliphatic heterocycles. The third kappa shape index (κ3) is 3.93. The number of nitrogens with one attached hydrogen (secondary N) is 1. The second-order valence-corrected chi connectivity index (χ2v) is 7.75. The number of thioether (sulfide) groups is 1. The zero-order valence-electron chi connectivity index (χ0n) is 13.9. The molecular formula is C18H18BrFN2O2S. The van der Waals surface area contributed by atoms with Crippen LogP contribution in [0.15, 0.2) is 40.9 Å². The highest BCUT2D eigenvalue weighted by molar-refractivity contribution is 9.10. The molecule has 1 fully saturated rings. The monoisotopic (exact) mass is 424 g/mol. The van der Waals surface area contributed by atoms with Gasteiger partial charge in [-0.2, -0.15) is 0 Å². The molecule has 25 heavy (non-hydrogen) atoms. The quantitative estimate of drug-likeness (QED) is 0.737. The SMILES string of the molecule is COc1ccc(C2SCCN2C(=O)Nc2ccc(C)c(F)c2)cc1Br. The van der Waals surface area contributed by atoms with Gasteiger partial charge in [-0.3, -0.25) is 0 Å². The maximum absolute atomic E-state index is 13.7. The Kier molecular flexibility index (Phi) is 5.54. The molecule has 1 unspecified atom stereocenters. The number of amides is 2. The van der Waals surface area contributed by atoms with Crippen molar-refractivity contribution in [2.45, 2.75) is 12.3 Å². The van der Waals surface area contributed by atoms with Crippen molar-refractivity contribution < 1.29 is 13.9 Å². The van der Waals surface area contributed by atoms with Crippen LogP contribution in [-0.2, 0) is 0 Å². The molecule has 0 radical (unpaired) electrons. The maximum Gasteiger partial charge on any atom is 0.323 e. The minimum atomic E-state index is -0.329. The van der Waals surface area contributed by atoms with Crippen molar-refractivity contribution in [2.75, 3.05) is 24.7 Å². The van der Waals surface area contributed by atoms with Crippen LogP contribution in [0.5, 0.6) is 5.75 Å². The lowest BCUT2D eigenvalue weighted by molar-refractivity contribution is 0.214. The molecule has 2 aromatic rings. The van der Waals surface area contributed by atoms with Crippen LogP contribution in [0.4, 0.5) is 14.9 Å². The minimum Gasteiger partial charge on any atom is -0.496 e. The molecule has 0 aromatic heterocycles. The number of hydrogen-bond donors (Lipinski definition) is 1. The molecule has 2 aromatic carbocycles. The van der Waals surface area contributed by atoms with Crippen molar-refractivity contribution >= 4 is 39.4 Å². The molecule has 132 valence electrons. The van der Waals surface area contributed by atoms with Crippen molar-refractivity contribution in [1.29, 1.82) is 0 Å². The Labute approximate surface area is 158 Å². The van der Waals surface area contributed by atoms with Gasteiger partial charge in [-0.25, -0.2) is 9.18 Å². The molecule has 1 saturated heterocycles. The van der Waals surface area contributed by atoms with E-state index in [9.17, 15) is 9.18 Å². The minimum absolute atomic E-state index is 0.0856. The number of urea groups is 1. The lowest BCUT2D eigenvalue weighted by atomic mass is 10.2. The molecule has 1 atom stereocenters. The Hall–Kier alpha value is -1.73. The molecule has 0 aliphatic carbocycles. The molecule has 1 aliphatic rings. The van der Waals surface area contributed by atoms with Crippen molar-refractivity contribution in [3.05, 3.63) is 57.8 Å². The second kappa shape index (κ2) is 7.66. The number of nitrogens with zero attached hydrogens (tertiary/aromatic N) is 1. The molecule has 0 saturated carbocycles. The molecule has 1 heterocycles. The summed E-state index contributed by atoms with van der Waals surface area (Å²) in [7, 11) is 1.62. The van der Waals surface area contributed by atoms with Crippen LogP contribution in [0.3, 0.4) is 0 Å². The van der Waals surface area contributed by atoms with Gasteiger partial charge in [-0.1, -0.05) is 12.1 Å². The van der Waals surface area contributed by atoms with E-state index in [0.29, 0.717) is 17.8 Å². The van der Waals surface area contributed by atoms with Gasteiger partial charge in [-0.15, -0.1) is 11.8 Å². The first kappa shape index (κ1) is 18.1. The topological polar surface area (TPSA) is 41.6 Å². The normalized spacial score (nSPS) is 16.8. The van der Waals surface area contributed by atoms with Gasteiger partial charge in [0, 0.05) is 18.0 Å². The zero-order chi connectivity index (χ0) is 18.0. The first-order valence-corrected chi connectivity index (χ1v) is 9.62. The van der Waals surface area contributed by atoms with E-state index >= 15 is 0 Å². The highest BCUT2D eigenvalue weighted by Crippen LogP contribution is 2.40. The number of carbonyl (C=O) groups is 1. The lowest BCUT2D eigenvalue weighted by Crippen LogP contribution is -2.34. The third-order valence-corrected chi connectivity index (χ3v) is 5.92. The fraction of sp³-hybridized carbons (Fsp3) is 0.278. The number of aryl methyl sites for hydroxylation is 1. The first-order valence-electron chi connectivity index (χ1n) is 7.78. The second-order valence-electron chi connectivity index (χ2n) is 5.70. The average molecular weight is 425 g/mol. The molecule has 2 amide bonds. The summed E-state index contributed by atoms with van der Waals surface area (Å²) in [5.74, 6) is 1.27. The van der Waals surface area contributed by atoms with Crippen LogP contribution in [0, 0.1) is 12.7 Å². The van der Waals surface area contributed by atoms with Gasteiger partial charge in [0.05, 0.1) is 11.6 Å². The van der Waals surface area contributed by atoms with Crippen molar-refractivity contribution in [3.63, 3.8) is 0 Å². The van der Waals surface area contributed by atoms with Gasteiger partial charge in [-0.05, 0) is 58.2 Å². The van der Waals surface area contributed by atoms with E-state index in [-0.39, 0.29) is 17.2 Å². The highest BCUT2D eigenvalue weighted by Gasteiger charge is 2.31. The van der Waals surface area contributed by atoms with E-state index in [1.807, 2.05) is 18.2 Å². The van der Waals surface area contributed by atoms with E-state index in [2.05, 4.69) is 21.2 Å². The smallest absolute Gasteiger partial charge is 0.323 e. The van der Waals surface area contributed by atoms with Crippen molar-refractivity contribution in [2.24, 2.45) is 0 Å². The van der Waals surface area contributed by atoms with Gasteiger partial charge < -0.3 is 15.0 Å². The fourth-order valence-electron chi connectivity index (χ4n) is 2.66. The Morgan fingerprint density at radius 1 is 1.36 bits per heavy atom. The van der Waals surface area contributed by atoms with E-state index in [1.54, 1.807) is 42.8 Å². The molecular weight excluding hydrogens is 407 g/mol. The molecule has 4 nitrogen and oxygen atoms in total. The fourth-order valence-corrected chi connectivity index (χ4v) is 4.46. The standard InChI is InChI=1S/C18H18BrFN2O2S/c1-11-3-5-13(10-15(11)20)21-18(23)22-7-8-25-17(22)12-4-6-16(24-2)14(19)9-12/h3-6,9-10,17H,7-8H2,1-2H3,(H,21,23). The van der Waals surface area contributed by atoms with Crippen LogP contribution in [-0.4, -0.2) is 30.3 Å².